The topological polar surface area (TPSA) is 82.4 Å². The summed E-state index contributed by atoms with van der Waals surface area (Å²) in [6.45, 7) is 3.70. The molecule has 0 radical (unpaired) electrons. The number of fused-ring (bicyclic) bond motifs is 1. The Morgan fingerprint density at radius 3 is 2.84 bits per heavy atom. The third-order valence-electron chi connectivity index (χ3n) is 5.65. The average molecular weight is 423 g/mol. The number of rotatable bonds is 5. The van der Waals surface area contributed by atoms with E-state index in [0.29, 0.717) is 31.3 Å². The third-order valence-corrected chi connectivity index (χ3v) is 5.65. The molecule has 1 atom stereocenters. The van der Waals surface area contributed by atoms with Gasteiger partial charge in [0.15, 0.2) is 0 Å². The van der Waals surface area contributed by atoms with Crippen LogP contribution < -0.4 is 4.74 Å². The highest BCUT2D eigenvalue weighted by Crippen LogP contribution is 2.27. The second-order valence-electron chi connectivity index (χ2n) is 7.75. The molecule has 5 rings (SSSR count). The van der Waals surface area contributed by atoms with E-state index in [4.69, 9.17) is 9.47 Å². The fourth-order valence-electron chi connectivity index (χ4n) is 3.92. The zero-order chi connectivity index (χ0) is 21.4. The Labute approximate surface area is 178 Å². The van der Waals surface area contributed by atoms with Crippen molar-refractivity contribution in [3.8, 4) is 11.6 Å². The van der Waals surface area contributed by atoms with Gasteiger partial charge in [0.1, 0.15) is 24.2 Å². The molecule has 1 amide bonds. The van der Waals surface area contributed by atoms with E-state index in [9.17, 15) is 9.18 Å². The van der Waals surface area contributed by atoms with Crippen molar-refractivity contribution in [3.63, 3.8) is 0 Å². The van der Waals surface area contributed by atoms with Crippen molar-refractivity contribution < 1.29 is 18.7 Å². The summed E-state index contributed by atoms with van der Waals surface area (Å²) >= 11 is 0. The van der Waals surface area contributed by atoms with Crippen LogP contribution in [0.2, 0.25) is 0 Å². The van der Waals surface area contributed by atoms with Gasteiger partial charge in [-0.25, -0.2) is 14.1 Å². The number of amides is 1. The standard InChI is InChI=1S/C22H22FN5O3/c1-14-19(28(26-25-14)17-7-5-16(23)6-8-17)13-31-21-9-4-15-11-27(12-18(15)24-21)22(29)20-3-2-10-30-20/h4-9,20H,2-3,10-13H2,1H3. The molecule has 8 nitrogen and oxygen atoms in total. The third kappa shape index (κ3) is 3.88. The van der Waals surface area contributed by atoms with Gasteiger partial charge in [0.25, 0.3) is 5.91 Å². The van der Waals surface area contributed by atoms with E-state index in [1.807, 2.05) is 13.0 Å². The highest BCUT2D eigenvalue weighted by Gasteiger charge is 2.32. The average Bonchev–Trinajstić information content (AvgIpc) is 3.52. The number of nitrogens with zero attached hydrogens (tertiary/aromatic N) is 5. The molecule has 1 saturated heterocycles. The van der Waals surface area contributed by atoms with E-state index >= 15 is 0 Å². The highest BCUT2D eigenvalue weighted by atomic mass is 19.1. The first-order valence-electron chi connectivity index (χ1n) is 10.3. The van der Waals surface area contributed by atoms with Gasteiger partial charge in [-0.2, -0.15) is 0 Å². The van der Waals surface area contributed by atoms with Gasteiger partial charge in [-0.1, -0.05) is 5.21 Å². The first-order valence-corrected chi connectivity index (χ1v) is 10.3. The number of benzene rings is 1. The van der Waals surface area contributed by atoms with Crippen LogP contribution in [0, 0.1) is 12.7 Å². The predicted molar refractivity (Wildman–Crippen MR) is 108 cm³/mol. The molecule has 2 aliphatic rings. The fourth-order valence-corrected chi connectivity index (χ4v) is 3.92. The lowest BCUT2D eigenvalue weighted by atomic mass is 10.2. The maximum Gasteiger partial charge on any atom is 0.252 e. The number of aromatic nitrogens is 4. The summed E-state index contributed by atoms with van der Waals surface area (Å²) in [5, 5.41) is 8.26. The predicted octanol–water partition coefficient (Wildman–Crippen LogP) is 2.71. The van der Waals surface area contributed by atoms with E-state index < -0.39 is 0 Å². The SMILES string of the molecule is Cc1nnn(-c2ccc(F)cc2)c1COc1ccc2c(n1)CN(C(=O)C1CCCO1)C2. The van der Waals surface area contributed by atoms with E-state index in [-0.39, 0.29) is 24.4 Å². The molecule has 31 heavy (non-hydrogen) atoms. The van der Waals surface area contributed by atoms with Crippen molar-refractivity contribution in [2.75, 3.05) is 6.61 Å². The lowest BCUT2D eigenvalue weighted by Gasteiger charge is -2.18. The monoisotopic (exact) mass is 423 g/mol. The summed E-state index contributed by atoms with van der Waals surface area (Å²) in [5.41, 5.74) is 4.03. The summed E-state index contributed by atoms with van der Waals surface area (Å²) in [6, 6.07) is 9.79. The molecule has 160 valence electrons. The molecule has 2 aliphatic heterocycles. The van der Waals surface area contributed by atoms with Crippen LogP contribution in [0.5, 0.6) is 5.88 Å². The van der Waals surface area contributed by atoms with E-state index in [1.54, 1.807) is 27.8 Å². The Balaban J connectivity index is 1.28. The van der Waals surface area contributed by atoms with Gasteiger partial charge in [-0.05, 0) is 55.7 Å². The summed E-state index contributed by atoms with van der Waals surface area (Å²) in [5.74, 6) is 0.187. The van der Waals surface area contributed by atoms with Gasteiger partial charge < -0.3 is 14.4 Å². The van der Waals surface area contributed by atoms with Crippen LogP contribution in [0.25, 0.3) is 5.69 Å². The molecular formula is C22H22FN5O3. The van der Waals surface area contributed by atoms with Gasteiger partial charge in [0.05, 0.1) is 23.6 Å². The Morgan fingerprint density at radius 2 is 2.06 bits per heavy atom. The number of pyridine rings is 1. The number of hydrogen-bond donors (Lipinski definition) is 0. The molecule has 0 aliphatic carbocycles. The molecule has 0 bridgehead atoms. The lowest BCUT2D eigenvalue weighted by molar-refractivity contribution is -0.141. The maximum atomic E-state index is 13.2. The summed E-state index contributed by atoms with van der Waals surface area (Å²) in [7, 11) is 0. The normalized spacial score (nSPS) is 17.7. The van der Waals surface area contributed by atoms with Crippen LogP contribution >= 0.6 is 0 Å². The Kier molecular flexibility index (Phi) is 5.11. The molecule has 0 saturated carbocycles. The molecule has 9 heteroatoms. The molecular weight excluding hydrogens is 401 g/mol. The molecule has 0 spiro atoms. The molecule has 1 fully saturated rings. The van der Waals surface area contributed by atoms with Crippen molar-refractivity contribution in [1.29, 1.82) is 0 Å². The second-order valence-corrected chi connectivity index (χ2v) is 7.75. The van der Waals surface area contributed by atoms with Crippen LogP contribution in [0.15, 0.2) is 36.4 Å². The Morgan fingerprint density at radius 1 is 1.23 bits per heavy atom. The van der Waals surface area contributed by atoms with Gasteiger partial charge in [-0.15, -0.1) is 5.10 Å². The maximum absolute atomic E-state index is 13.2. The second kappa shape index (κ2) is 8.07. The van der Waals surface area contributed by atoms with Gasteiger partial charge >= 0.3 is 0 Å². The van der Waals surface area contributed by atoms with Crippen LogP contribution in [0.4, 0.5) is 4.39 Å². The van der Waals surface area contributed by atoms with Crippen LogP contribution in [-0.4, -0.2) is 43.5 Å². The van der Waals surface area contributed by atoms with Crippen molar-refractivity contribution in [3.05, 3.63) is 64.9 Å². The minimum atomic E-state index is -0.327. The minimum Gasteiger partial charge on any atom is -0.471 e. The number of ether oxygens (including phenoxy) is 2. The highest BCUT2D eigenvalue weighted by molar-refractivity contribution is 5.81. The first kappa shape index (κ1) is 19.6. The van der Waals surface area contributed by atoms with E-state index in [0.717, 1.165) is 35.5 Å². The fraction of sp³-hybridized carbons (Fsp3) is 0.364. The zero-order valence-electron chi connectivity index (χ0n) is 17.1. The zero-order valence-corrected chi connectivity index (χ0v) is 17.1. The number of carbonyl (C=O) groups is 1. The summed E-state index contributed by atoms with van der Waals surface area (Å²) < 4.78 is 26.3. The van der Waals surface area contributed by atoms with Crippen molar-refractivity contribution >= 4 is 5.91 Å². The van der Waals surface area contributed by atoms with Crippen molar-refractivity contribution in [2.45, 2.75) is 45.6 Å². The first-order chi connectivity index (χ1) is 15.1. The van der Waals surface area contributed by atoms with E-state index in [1.165, 1.54) is 12.1 Å². The number of carbonyl (C=O) groups excluding carboxylic acids is 1. The smallest absolute Gasteiger partial charge is 0.252 e. The quantitative estimate of drug-likeness (QED) is 0.628. The van der Waals surface area contributed by atoms with Crippen molar-refractivity contribution in [1.82, 2.24) is 24.9 Å². The summed E-state index contributed by atoms with van der Waals surface area (Å²) in [6.07, 6.45) is 1.38. The van der Waals surface area contributed by atoms with Gasteiger partial charge in [0.2, 0.25) is 5.88 Å². The number of aryl methyl sites for hydroxylation is 1. The largest absolute Gasteiger partial charge is 0.471 e. The molecule has 2 aromatic heterocycles. The lowest BCUT2D eigenvalue weighted by Crippen LogP contribution is -2.35. The number of halogens is 1. The Bertz CT molecular complexity index is 1110. The van der Waals surface area contributed by atoms with Gasteiger partial charge in [-0.3, -0.25) is 4.79 Å². The number of hydrogen-bond acceptors (Lipinski definition) is 6. The van der Waals surface area contributed by atoms with Crippen molar-refractivity contribution in [2.24, 2.45) is 0 Å². The summed E-state index contributed by atoms with van der Waals surface area (Å²) in [4.78, 5) is 19.0. The van der Waals surface area contributed by atoms with Crippen LogP contribution in [0.3, 0.4) is 0 Å². The van der Waals surface area contributed by atoms with E-state index in [2.05, 4.69) is 15.3 Å². The van der Waals surface area contributed by atoms with Crippen LogP contribution in [-0.2, 0) is 29.2 Å². The molecule has 4 heterocycles. The Hall–Kier alpha value is -3.33. The molecule has 1 aromatic carbocycles. The molecule has 3 aromatic rings. The molecule has 0 N–H and O–H groups in total. The minimum absolute atomic E-state index is 0.0304. The van der Waals surface area contributed by atoms with Crippen LogP contribution in [0.1, 0.15) is 35.5 Å². The molecule has 1 unspecified atom stereocenters. The van der Waals surface area contributed by atoms with Gasteiger partial charge in [0, 0.05) is 19.2 Å².